The lowest BCUT2D eigenvalue weighted by atomic mass is 9.88. The van der Waals surface area contributed by atoms with Gasteiger partial charge in [-0.15, -0.1) is 0 Å². The first kappa shape index (κ1) is 14.5. The lowest BCUT2D eigenvalue weighted by molar-refractivity contribution is 0.0937. The Morgan fingerprint density at radius 2 is 2.17 bits per heavy atom. The number of nitriles is 1. The minimum Gasteiger partial charge on any atom is -0.438 e. The summed E-state index contributed by atoms with van der Waals surface area (Å²) in [7, 11) is 0. The Balaban J connectivity index is 2.14. The van der Waals surface area contributed by atoms with Crippen molar-refractivity contribution in [3.63, 3.8) is 0 Å². The topological polar surface area (TPSA) is 81.0 Å². The Morgan fingerprint density at radius 1 is 1.38 bits per heavy atom. The van der Waals surface area contributed by atoms with E-state index in [9.17, 15) is 10.1 Å². The van der Waals surface area contributed by atoms with Crippen molar-refractivity contribution in [2.75, 3.05) is 0 Å². The molecule has 0 saturated heterocycles. The van der Waals surface area contributed by atoms with Crippen LogP contribution in [0.2, 0.25) is 0 Å². The molecule has 3 aromatic rings. The van der Waals surface area contributed by atoms with Crippen LogP contribution in [0.1, 0.15) is 28.9 Å². The van der Waals surface area contributed by atoms with Crippen LogP contribution < -0.4 is 10.5 Å². The van der Waals surface area contributed by atoms with Crippen LogP contribution in [0.3, 0.4) is 0 Å². The highest BCUT2D eigenvalue weighted by Gasteiger charge is 2.36. The molecule has 4 rings (SSSR count). The predicted octanol–water partition coefficient (Wildman–Crippen LogP) is 3.58. The van der Waals surface area contributed by atoms with Gasteiger partial charge in [-0.25, -0.2) is 0 Å². The highest BCUT2D eigenvalue weighted by atomic mass is 32.1. The van der Waals surface area contributed by atoms with Crippen molar-refractivity contribution in [3.05, 3.63) is 63.8 Å². The zero-order valence-corrected chi connectivity index (χ0v) is 13.6. The molecule has 0 aliphatic carbocycles. The van der Waals surface area contributed by atoms with Crippen LogP contribution >= 0.6 is 11.3 Å². The fourth-order valence-corrected chi connectivity index (χ4v) is 3.95. The van der Waals surface area contributed by atoms with Gasteiger partial charge >= 0.3 is 0 Å². The summed E-state index contributed by atoms with van der Waals surface area (Å²) in [5.41, 5.74) is 8.68. The number of aromatic nitrogens is 1. The van der Waals surface area contributed by atoms with E-state index < -0.39 is 5.92 Å². The maximum atomic E-state index is 12.4. The van der Waals surface area contributed by atoms with Crippen molar-refractivity contribution in [2.24, 2.45) is 5.73 Å². The Hall–Kier alpha value is -3.04. The second-order valence-corrected chi connectivity index (χ2v) is 6.35. The Bertz CT molecular complexity index is 1040. The summed E-state index contributed by atoms with van der Waals surface area (Å²) < 4.78 is 7.39. The molecule has 0 spiro atoms. The number of thiophene rings is 1. The summed E-state index contributed by atoms with van der Waals surface area (Å²) in [4.78, 5) is 12.4. The molecule has 3 heterocycles. The third-order valence-corrected chi connectivity index (χ3v) is 4.92. The molecule has 1 aromatic carbocycles. The zero-order valence-electron chi connectivity index (χ0n) is 12.8. The summed E-state index contributed by atoms with van der Waals surface area (Å²) in [5, 5.41) is 14.3. The molecule has 0 amide bonds. The van der Waals surface area contributed by atoms with E-state index in [-0.39, 0.29) is 11.8 Å². The van der Waals surface area contributed by atoms with Crippen molar-refractivity contribution in [3.8, 4) is 11.8 Å². The SMILES string of the molecule is CC(=O)n1c2c(c3ccccc31)OC(N)=C(C#N)C2c1ccsc1. The van der Waals surface area contributed by atoms with Gasteiger partial charge in [0.1, 0.15) is 11.6 Å². The first-order valence-corrected chi connectivity index (χ1v) is 8.31. The van der Waals surface area contributed by atoms with E-state index in [0.717, 1.165) is 16.5 Å². The monoisotopic (exact) mass is 335 g/mol. The average molecular weight is 335 g/mol. The maximum absolute atomic E-state index is 12.4. The number of nitrogens with two attached hydrogens (primary N) is 1. The fraction of sp³-hybridized carbons (Fsp3) is 0.111. The number of fused-ring (bicyclic) bond motifs is 3. The summed E-state index contributed by atoms with van der Waals surface area (Å²) in [6.45, 7) is 1.51. The summed E-state index contributed by atoms with van der Waals surface area (Å²) in [6, 6.07) is 11.6. The van der Waals surface area contributed by atoms with Crippen LogP contribution in [0.5, 0.6) is 5.75 Å². The van der Waals surface area contributed by atoms with Crippen LogP contribution in [0, 0.1) is 11.3 Å². The fourth-order valence-electron chi connectivity index (χ4n) is 3.26. The van der Waals surface area contributed by atoms with Gasteiger partial charge in [-0.05, 0) is 34.5 Å². The minimum atomic E-state index is -0.415. The van der Waals surface area contributed by atoms with Crippen LogP contribution in [-0.2, 0) is 0 Å². The molecule has 1 aliphatic rings. The van der Waals surface area contributed by atoms with Gasteiger partial charge in [-0.1, -0.05) is 12.1 Å². The van der Waals surface area contributed by atoms with Crippen molar-refractivity contribution in [2.45, 2.75) is 12.8 Å². The molecule has 6 heteroatoms. The molecule has 5 nitrogen and oxygen atoms in total. The predicted molar refractivity (Wildman–Crippen MR) is 91.9 cm³/mol. The van der Waals surface area contributed by atoms with E-state index >= 15 is 0 Å². The van der Waals surface area contributed by atoms with Crippen LogP contribution in [0.25, 0.3) is 10.9 Å². The number of hydrogen-bond acceptors (Lipinski definition) is 5. The molecule has 1 aliphatic heterocycles. The van der Waals surface area contributed by atoms with E-state index in [1.807, 2.05) is 41.1 Å². The summed E-state index contributed by atoms with van der Waals surface area (Å²) in [6.07, 6.45) is 0. The van der Waals surface area contributed by atoms with Gasteiger partial charge in [-0.2, -0.15) is 16.6 Å². The average Bonchev–Trinajstić information content (AvgIpc) is 3.19. The Morgan fingerprint density at radius 3 is 2.83 bits per heavy atom. The molecule has 2 aromatic heterocycles. The lowest BCUT2D eigenvalue weighted by Crippen LogP contribution is -2.23. The highest BCUT2D eigenvalue weighted by Crippen LogP contribution is 2.47. The molecule has 0 bridgehead atoms. The standard InChI is InChI=1S/C18H13N3O2S/c1-10(22)21-14-5-3-2-4-12(14)17-16(21)15(11-6-7-24-9-11)13(8-19)18(20)23-17/h2-7,9,15H,20H2,1H3. The smallest absolute Gasteiger partial charge is 0.228 e. The number of ether oxygens (including phenoxy) is 1. The van der Waals surface area contributed by atoms with Gasteiger partial charge in [0.25, 0.3) is 0 Å². The highest BCUT2D eigenvalue weighted by molar-refractivity contribution is 7.08. The first-order valence-electron chi connectivity index (χ1n) is 7.37. The molecule has 2 N–H and O–H groups in total. The lowest BCUT2D eigenvalue weighted by Gasteiger charge is -2.24. The molecular weight excluding hydrogens is 322 g/mol. The number of nitrogens with zero attached hydrogens (tertiary/aromatic N) is 2. The van der Waals surface area contributed by atoms with Crippen LogP contribution in [0.4, 0.5) is 0 Å². The van der Waals surface area contributed by atoms with E-state index in [1.54, 1.807) is 4.57 Å². The molecular formula is C18H13N3O2S. The number of carbonyl (C=O) groups is 1. The maximum Gasteiger partial charge on any atom is 0.228 e. The number of rotatable bonds is 1. The molecule has 118 valence electrons. The van der Waals surface area contributed by atoms with Gasteiger partial charge in [0.15, 0.2) is 5.75 Å². The van der Waals surface area contributed by atoms with Crippen molar-refractivity contribution < 1.29 is 9.53 Å². The molecule has 0 radical (unpaired) electrons. The van der Waals surface area contributed by atoms with Crippen LogP contribution in [-0.4, -0.2) is 10.5 Å². The van der Waals surface area contributed by atoms with Crippen molar-refractivity contribution >= 4 is 28.1 Å². The second kappa shape index (κ2) is 5.25. The van der Waals surface area contributed by atoms with Gasteiger partial charge < -0.3 is 10.5 Å². The van der Waals surface area contributed by atoms with E-state index in [4.69, 9.17) is 10.5 Å². The van der Waals surface area contributed by atoms with Crippen LogP contribution in [0.15, 0.2) is 52.5 Å². The Kier molecular flexibility index (Phi) is 3.18. The van der Waals surface area contributed by atoms with Gasteiger partial charge in [0.05, 0.1) is 17.1 Å². The number of hydrogen-bond donors (Lipinski definition) is 1. The normalized spacial score (nSPS) is 16.6. The summed E-state index contributed by atoms with van der Waals surface area (Å²) >= 11 is 1.53. The number of para-hydroxylation sites is 1. The van der Waals surface area contributed by atoms with Crippen molar-refractivity contribution in [1.82, 2.24) is 4.57 Å². The molecule has 1 atom stereocenters. The quantitative estimate of drug-likeness (QED) is 0.737. The molecule has 24 heavy (non-hydrogen) atoms. The minimum absolute atomic E-state index is 0.0904. The zero-order chi connectivity index (χ0) is 16.8. The van der Waals surface area contributed by atoms with Gasteiger partial charge in [0.2, 0.25) is 11.8 Å². The van der Waals surface area contributed by atoms with E-state index in [0.29, 0.717) is 17.0 Å². The molecule has 0 saturated carbocycles. The van der Waals surface area contributed by atoms with Gasteiger partial charge in [-0.3, -0.25) is 9.36 Å². The number of carbonyl (C=O) groups excluding carboxylic acids is 1. The second-order valence-electron chi connectivity index (χ2n) is 5.57. The largest absolute Gasteiger partial charge is 0.438 e. The first-order chi connectivity index (χ1) is 11.6. The van der Waals surface area contributed by atoms with E-state index in [1.165, 1.54) is 18.3 Å². The van der Waals surface area contributed by atoms with E-state index in [2.05, 4.69) is 6.07 Å². The third-order valence-electron chi connectivity index (χ3n) is 4.21. The van der Waals surface area contributed by atoms with Gasteiger partial charge in [0, 0.05) is 12.3 Å². The molecule has 1 unspecified atom stereocenters. The Labute approximate surface area is 142 Å². The number of benzene rings is 1. The summed E-state index contributed by atoms with van der Waals surface area (Å²) in [5.74, 6) is 0.0940. The number of allylic oxidation sites excluding steroid dienone is 1. The third kappa shape index (κ3) is 1.88. The van der Waals surface area contributed by atoms with Crippen molar-refractivity contribution in [1.29, 1.82) is 5.26 Å². The molecule has 0 fully saturated rings.